The molecule has 0 bridgehead atoms. The number of hydrogen-bond donors (Lipinski definition) is 2. The minimum atomic E-state index is -1.34. The summed E-state index contributed by atoms with van der Waals surface area (Å²) in [5.74, 6) is 0.856. The van der Waals surface area contributed by atoms with Crippen molar-refractivity contribution in [2.24, 2.45) is 7.05 Å². The number of piperazine rings is 1. The lowest BCUT2D eigenvalue weighted by molar-refractivity contribution is -0.184. The minimum absolute atomic E-state index is 0.0845. The minimum Gasteiger partial charge on any atom is -0.380 e. The smallest absolute Gasteiger partial charge is 0.276 e. The fraction of sp³-hybridized carbons (Fsp3) is 0.474. The number of pyridine rings is 3. The summed E-state index contributed by atoms with van der Waals surface area (Å²) >= 11 is 0. The van der Waals surface area contributed by atoms with Gasteiger partial charge < -0.3 is 33.9 Å². The maximum atomic E-state index is 14.1. The van der Waals surface area contributed by atoms with Gasteiger partial charge in [0.25, 0.3) is 11.5 Å². The standard InChI is InChI=1S/C38H44N8O5/c1-24-18-43(28-20-50-21-28)11-12-44(24)27-7-8-33(40-17-27)41-30-15-26(19-42(2)36(30)47)29-9-10-39-35(34(29)38(49)22-51-23-38)46-14-13-45-31-6-4-3-5-25(31)16-32(45)37(46)48/h7-10,15-17,19,24,28,49H,3-6,11-14,18,20-23H2,1-2H3,(H,40,41). The third kappa shape index (κ3) is 5.54. The average Bonchev–Trinajstić information content (AvgIpc) is 3.49. The van der Waals surface area contributed by atoms with Gasteiger partial charge in [-0.25, -0.2) is 9.97 Å². The number of aromatic nitrogens is 4. The lowest BCUT2D eigenvalue weighted by Gasteiger charge is -2.46. The van der Waals surface area contributed by atoms with E-state index in [0.29, 0.717) is 64.9 Å². The molecule has 3 fully saturated rings. The fourth-order valence-corrected chi connectivity index (χ4v) is 8.49. The largest absolute Gasteiger partial charge is 0.380 e. The van der Waals surface area contributed by atoms with Crippen LogP contribution in [0.15, 0.2) is 53.7 Å². The first-order valence-electron chi connectivity index (χ1n) is 18.1. The molecule has 266 valence electrons. The molecule has 13 heteroatoms. The number of aliphatic hydroxyl groups is 1. The SMILES string of the molecule is CC1CN(C2COC2)CCN1c1ccc(Nc2cc(-c3ccnc(N4CCn5c(cc6c5CCCC6)C4=O)c3C3(O)COC3)cn(C)c2=O)nc1. The van der Waals surface area contributed by atoms with E-state index in [-0.39, 0.29) is 24.7 Å². The maximum Gasteiger partial charge on any atom is 0.276 e. The van der Waals surface area contributed by atoms with Crippen LogP contribution in [-0.2, 0) is 41.5 Å². The monoisotopic (exact) mass is 692 g/mol. The van der Waals surface area contributed by atoms with Crippen molar-refractivity contribution >= 4 is 28.9 Å². The van der Waals surface area contributed by atoms with E-state index in [1.54, 1.807) is 30.4 Å². The lowest BCUT2D eigenvalue weighted by atomic mass is 9.86. The molecule has 0 radical (unpaired) electrons. The van der Waals surface area contributed by atoms with E-state index in [9.17, 15) is 14.7 Å². The molecule has 1 aliphatic carbocycles. The van der Waals surface area contributed by atoms with E-state index in [2.05, 4.69) is 26.6 Å². The fourth-order valence-electron chi connectivity index (χ4n) is 8.49. The molecule has 0 spiro atoms. The molecule has 4 aromatic heterocycles. The highest BCUT2D eigenvalue weighted by atomic mass is 16.5. The van der Waals surface area contributed by atoms with Crippen molar-refractivity contribution < 1.29 is 19.4 Å². The number of amides is 1. The third-order valence-electron chi connectivity index (χ3n) is 11.4. The molecule has 0 saturated carbocycles. The first-order chi connectivity index (χ1) is 24.8. The predicted molar refractivity (Wildman–Crippen MR) is 193 cm³/mol. The van der Waals surface area contributed by atoms with Crippen molar-refractivity contribution in [3.8, 4) is 11.1 Å². The Morgan fingerprint density at radius 1 is 0.980 bits per heavy atom. The molecule has 0 aromatic carbocycles. The van der Waals surface area contributed by atoms with Crippen LogP contribution in [0.1, 0.15) is 47.1 Å². The van der Waals surface area contributed by atoms with Crippen LogP contribution >= 0.6 is 0 Å². The summed E-state index contributed by atoms with van der Waals surface area (Å²) in [6.45, 7) is 8.05. The van der Waals surface area contributed by atoms with Crippen LogP contribution < -0.4 is 20.7 Å². The molecule has 2 N–H and O–H groups in total. The average molecular weight is 693 g/mol. The van der Waals surface area contributed by atoms with Crippen molar-refractivity contribution in [2.75, 3.05) is 67.7 Å². The summed E-state index contributed by atoms with van der Waals surface area (Å²) in [7, 11) is 1.71. The second-order valence-electron chi connectivity index (χ2n) is 14.7. The molecule has 9 rings (SSSR count). The molecule has 5 aliphatic rings. The summed E-state index contributed by atoms with van der Waals surface area (Å²) in [6.07, 6.45) is 9.55. The van der Waals surface area contributed by atoms with Crippen molar-refractivity contribution in [3.63, 3.8) is 0 Å². The van der Waals surface area contributed by atoms with Gasteiger partial charge >= 0.3 is 0 Å². The maximum absolute atomic E-state index is 14.1. The Bertz CT molecular complexity index is 2050. The predicted octanol–water partition coefficient (Wildman–Crippen LogP) is 3.05. The second kappa shape index (κ2) is 12.6. The molecular weight excluding hydrogens is 648 g/mol. The van der Waals surface area contributed by atoms with Crippen molar-refractivity contribution in [2.45, 2.75) is 56.8 Å². The number of carbonyl (C=O) groups is 1. The molecule has 13 nitrogen and oxygen atoms in total. The van der Waals surface area contributed by atoms with E-state index >= 15 is 0 Å². The van der Waals surface area contributed by atoms with Crippen LogP contribution in [0.25, 0.3) is 11.1 Å². The van der Waals surface area contributed by atoms with E-state index in [1.165, 1.54) is 15.8 Å². The number of anilines is 4. The number of carbonyl (C=O) groups excluding carboxylic acids is 1. The quantitative estimate of drug-likeness (QED) is 0.298. The van der Waals surface area contributed by atoms with Crippen LogP contribution in [0.2, 0.25) is 0 Å². The number of nitrogens with zero attached hydrogens (tertiary/aromatic N) is 7. The van der Waals surface area contributed by atoms with Crippen LogP contribution in [-0.4, -0.2) is 99.7 Å². The Kier molecular flexibility index (Phi) is 7.98. The van der Waals surface area contributed by atoms with Crippen molar-refractivity contribution in [1.29, 1.82) is 0 Å². The molecule has 1 amide bonds. The van der Waals surface area contributed by atoms with Gasteiger partial charge in [-0.2, -0.15) is 0 Å². The summed E-state index contributed by atoms with van der Waals surface area (Å²) < 4.78 is 14.6. The Hall–Kier alpha value is -4.56. The molecular formula is C38H44N8O5. The number of rotatable bonds is 7. The van der Waals surface area contributed by atoms with Gasteiger partial charge in [-0.3, -0.25) is 19.4 Å². The number of hydrogen-bond acceptors (Lipinski definition) is 10. The molecule has 3 saturated heterocycles. The normalized spacial score (nSPS) is 21.9. The highest BCUT2D eigenvalue weighted by Gasteiger charge is 2.45. The van der Waals surface area contributed by atoms with E-state index in [1.807, 2.05) is 30.5 Å². The van der Waals surface area contributed by atoms with Gasteiger partial charge in [0, 0.05) is 75.0 Å². The van der Waals surface area contributed by atoms with Crippen LogP contribution in [0.3, 0.4) is 0 Å². The van der Waals surface area contributed by atoms with E-state index in [4.69, 9.17) is 19.4 Å². The van der Waals surface area contributed by atoms with Crippen molar-refractivity contribution in [3.05, 3.63) is 81.8 Å². The number of nitrogens with one attached hydrogen (secondary N) is 1. The zero-order chi connectivity index (χ0) is 34.9. The van der Waals surface area contributed by atoms with Gasteiger partial charge in [-0.1, -0.05) is 0 Å². The van der Waals surface area contributed by atoms with Crippen LogP contribution in [0, 0.1) is 0 Å². The topological polar surface area (TPSA) is 130 Å². The number of ether oxygens (including phenoxy) is 2. The summed E-state index contributed by atoms with van der Waals surface area (Å²) in [4.78, 5) is 43.6. The molecule has 8 heterocycles. The van der Waals surface area contributed by atoms with E-state index in [0.717, 1.165) is 64.2 Å². The Morgan fingerprint density at radius 2 is 1.82 bits per heavy atom. The zero-order valence-corrected chi connectivity index (χ0v) is 29.2. The molecule has 1 atom stereocenters. The Balaban J connectivity index is 1.01. The number of fused-ring (bicyclic) bond motifs is 3. The highest BCUT2D eigenvalue weighted by Crippen LogP contribution is 2.43. The first kappa shape index (κ1) is 32.4. The van der Waals surface area contributed by atoms with Gasteiger partial charge in [0.15, 0.2) is 0 Å². The second-order valence-corrected chi connectivity index (χ2v) is 14.7. The first-order valence-corrected chi connectivity index (χ1v) is 18.1. The Labute approximate surface area is 296 Å². The van der Waals surface area contributed by atoms with Gasteiger partial charge in [-0.15, -0.1) is 0 Å². The van der Waals surface area contributed by atoms with Gasteiger partial charge in [0.2, 0.25) is 0 Å². The third-order valence-corrected chi connectivity index (χ3v) is 11.4. The van der Waals surface area contributed by atoms with Gasteiger partial charge in [-0.05, 0) is 74.1 Å². The lowest BCUT2D eigenvalue weighted by Crippen LogP contribution is -2.59. The molecule has 4 aromatic rings. The highest BCUT2D eigenvalue weighted by molar-refractivity contribution is 6.06. The van der Waals surface area contributed by atoms with Crippen molar-refractivity contribution in [1.82, 2.24) is 24.0 Å². The van der Waals surface area contributed by atoms with Crippen LogP contribution in [0.4, 0.5) is 23.0 Å². The van der Waals surface area contributed by atoms with Gasteiger partial charge in [0.05, 0.1) is 44.4 Å². The molecule has 51 heavy (non-hydrogen) atoms. The summed E-state index contributed by atoms with van der Waals surface area (Å²) in [5.41, 5.74) is 4.96. The zero-order valence-electron chi connectivity index (χ0n) is 29.2. The van der Waals surface area contributed by atoms with E-state index < -0.39 is 5.60 Å². The van der Waals surface area contributed by atoms with Gasteiger partial charge in [0.1, 0.15) is 28.6 Å². The summed E-state index contributed by atoms with van der Waals surface area (Å²) in [5, 5.41) is 15.1. The van der Waals surface area contributed by atoms with Crippen LogP contribution in [0.5, 0.6) is 0 Å². The number of aryl methyl sites for hydroxylation is 2. The Morgan fingerprint density at radius 3 is 2.55 bits per heavy atom. The molecule has 4 aliphatic heterocycles. The molecule has 1 unspecified atom stereocenters. The summed E-state index contributed by atoms with van der Waals surface area (Å²) in [6, 6.07) is 10.5.